The van der Waals surface area contributed by atoms with Crippen LogP contribution in [0.25, 0.3) is 0 Å². The maximum atomic E-state index is 14.5. The molecular weight excluding hydrogens is 648 g/mol. The van der Waals surface area contributed by atoms with E-state index in [0.717, 1.165) is 82.5 Å². The molecule has 9 nitrogen and oxygen atoms in total. The van der Waals surface area contributed by atoms with Gasteiger partial charge in [-0.15, -0.1) is 0 Å². The average molecular weight is 709 g/mol. The van der Waals surface area contributed by atoms with Crippen LogP contribution in [0.15, 0.2) is 0 Å². The van der Waals surface area contributed by atoms with Gasteiger partial charge in [-0.2, -0.15) is 0 Å². The largest absolute Gasteiger partial charge is 0.459 e. The summed E-state index contributed by atoms with van der Waals surface area (Å²) in [5.74, 6) is 0.647. The van der Waals surface area contributed by atoms with Crippen molar-refractivity contribution in [1.29, 1.82) is 0 Å². The third-order valence-electron chi connectivity index (χ3n) is 16.7. The van der Waals surface area contributed by atoms with E-state index in [1.165, 1.54) is 6.42 Å². The summed E-state index contributed by atoms with van der Waals surface area (Å²) in [6.45, 7) is 7.91. The second-order valence-corrected chi connectivity index (χ2v) is 20.0. The summed E-state index contributed by atoms with van der Waals surface area (Å²) in [6, 6.07) is 0. The van der Waals surface area contributed by atoms with Crippen LogP contribution in [0.1, 0.15) is 137 Å². The third-order valence-corrected chi connectivity index (χ3v) is 16.7. The first kappa shape index (κ1) is 34.6. The lowest BCUT2D eigenvalue weighted by atomic mass is 9.49. The van der Waals surface area contributed by atoms with Crippen LogP contribution in [0.2, 0.25) is 0 Å². The van der Waals surface area contributed by atoms with Gasteiger partial charge in [0.1, 0.15) is 23.4 Å². The predicted octanol–water partition coefficient (Wildman–Crippen LogP) is 6.70. The van der Waals surface area contributed by atoms with Gasteiger partial charge in [-0.3, -0.25) is 19.2 Å². The Morgan fingerprint density at radius 2 is 1.53 bits per heavy atom. The minimum Gasteiger partial charge on any atom is -0.459 e. The number of aliphatic hydroxyl groups is 1. The molecular formula is C42H60O9. The number of carbonyl (C=O) groups is 4. The molecule has 10 saturated carbocycles. The average Bonchev–Trinajstić information content (AvgIpc) is 3.70. The Balaban J connectivity index is 0.937. The zero-order valence-electron chi connectivity index (χ0n) is 31.2. The van der Waals surface area contributed by atoms with Gasteiger partial charge in [-0.1, -0.05) is 20.8 Å². The Morgan fingerprint density at radius 3 is 2.14 bits per heavy atom. The number of carbonyl (C=O) groups excluding carboxylic acids is 4. The summed E-state index contributed by atoms with van der Waals surface area (Å²) in [6.07, 6.45) is 13.0. The molecule has 10 aliphatic carbocycles. The maximum Gasteiger partial charge on any atom is 0.312 e. The molecule has 0 aromatic carbocycles. The zero-order chi connectivity index (χ0) is 35.7. The van der Waals surface area contributed by atoms with Crippen LogP contribution in [0.4, 0.5) is 0 Å². The van der Waals surface area contributed by atoms with Crippen LogP contribution in [0.3, 0.4) is 0 Å². The molecule has 1 aliphatic heterocycles. The SMILES string of the molecule is CCC(C)(CC(CC(C)C(=O)OC12CC3CC(CC(O)(C3)C1)C2)C(=O)OC1C2CC3C(=O)OC1C3C2)C(=O)OC1(CC)C2CC3CC(C2)CC1C3. The van der Waals surface area contributed by atoms with Gasteiger partial charge in [0.2, 0.25) is 0 Å². The molecule has 0 aromatic heterocycles. The Bertz CT molecular complexity index is 1430. The van der Waals surface area contributed by atoms with E-state index in [0.29, 0.717) is 42.9 Å². The number of hydrogen-bond acceptors (Lipinski definition) is 9. The smallest absolute Gasteiger partial charge is 0.312 e. The molecule has 10 bridgehead atoms. The summed E-state index contributed by atoms with van der Waals surface area (Å²) in [7, 11) is 0. The van der Waals surface area contributed by atoms with Crippen molar-refractivity contribution < 1.29 is 43.2 Å². The maximum absolute atomic E-state index is 14.5. The van der Waals surface area contributed by atoms with E-state index in [1.54, 1.807) is 0 Å². The summed E-state index contributed by atoms with van der Waals surface area (Å²) >= 11 is 0. The molecule has 1 heterocycles. The van der Waals surface area contributed by atoms with Crippen LogP contribution in [0.5, 0.6) is 0 Å². The van der Waals surface area contributed by atoms with Crippen LogP contribution < -0.4 is 0 Å². The second kappa shape index (κ2) is 11.9. The van der Waals surface area contributed by atoms with Crippen molar-refractivity contribution in [3.63, 3.8) is 0 Å². The Hall–Kier alpha value is -2.16. The quantitative estimate of drug-likeness (QED) is 0.174. The number of hydrogen-bond donors (Lipinski definition) is 1. The molecule has 10 atom stereocenters. The summed E-state index contributed by atoms with van der Waals surface area (Å²) < 4.78 is 25.2. The van der Waals surface area contributed by atoms with Gasteiger partial charge in [-0.05, 0) is 145 Å². The van der Waals surface area contributed by atoms with E-state index < -0.39 is 52.2 Å². The monoisotopic (exact) mass is 708 g/mol. The van der Waals surface area contributed by atoms with E-state index in [4.69, 9.17) is 18.9 Å². The first-order valence-electron chi connectivity index (χ1n) is 20.8. The molecule has 0 radical (unpaired) electrons. The van der Waals surface area contributed by atoms with Crippen LogP contribution >= 0.6 is 0 Å². The van der Waals surface area contributed by atoms with Crippen molar-refractivity contribution in [2.45, 2.75) is 166 Å². The standard InChI is InChI=1S/C42H60O9/c1-5-39(4,38(46)51-42(6-2)29-10-23-8-24(12-29)13-30(42)11-23)20-28(36(44)48-33-27-14-31-32(15-27)37(45)49-34(31)33)7-22(3)35(43)50-41-18-25-9-26(19-41)17-40(47,16-25)21-41/h22-34,47H,5-21H2,1-4H3. The fourth-order valence-corrected chi connectivity index (χ4v) is 14.7. The van der Waals surface area contributed by atoms with Crippen molar-refractivity contribution in [3.05, 3.63) is 0 Å². The third kappa shape index (κ3) is 5.53. The van der Waals surface area contributed by atoms with Gasteiger partial charge in [0.05, 0.1) is 28.8 Å². The van der Waals surface area contributed by atoms with Crippen LogP contribution in [-0.2, 0) is 38.1 Å². The molecule has 10 unspecified atom stereocenters. The minimum atomic E-state index is -0.951. The fraction of sp³-hybridized carbons (Fsp3) is 0.905. The van der Waals surface area contributed by atoms with Gasteiger partial charge in [0.15, 0.2) is 0 Å². The topological polar surface area (TPSA) is 125 Å². The lowest BCUT2D eigenvalue weighted by Gasteiger charge is -2.60. The van der Waals surface area contributed by atoms with Crippen molar-refractivity contribution in [2.24, 2.45) is 70.5 Å². The Labute approximate surface area is 303 Å². The minimum absolute atomic E-state index is 0.0857. The number of esters is 4. The lowest BCUT2D eigenvalue weighted by Crippen LogP contribution is -2.60. The first-order valence-corrected chi connectivity index (χ1v) is 20.8. The zero-order valence-corrected chi connectivity index (χ0v) is 31.2. The summed E-state index contributed by atoms with van der Waals surface area (Å²) in [4.78, 5) is 55.3. The van der Waals surface area contributed by atoms with Crippen LogP contribution in [-0.4, -0.2) is 58.0 Å². The lowest BCUT2D eigenvalue weighted by molar-refractivity contribution is -0.222. The van der Waals surface area contributed by atoms with Crippen LogP contribution in [0, 0.1) is 70.5 Å². The molecule has 282 valence electrons. The Kier molecular flexibility index (Phi) is 8.09. The van der Waals surface area contributed by atoms with Gasteiger partial charge in [0, 0.05) is 18.3 Å². The van der Waals surface area contributed by atoms with Crippen molar-refractivity contribution in [3.8, 4) is 0 Å². The number of rotatable bonds is 12. The molecule has 0 aromatic rings. The van der Waals surface area contributed by atoms with E-state index in [1.807, 2.05) is 20.8 Å². The highest BCUT2D eigenvalue weighted by molar-refractivity contribution is 5.81. The van der Waals surface area contributed by atoms with E-state index in [-0.39, 0.29) is 48.5 Å². The predicted molar refractivity (Wildman–Crippen MR) is 184 cm³/mol. The highest BCUT2D eigenvalue weighted by Crippen LogP contribution is 2.62. The molecule has 11 fully saturated rings. The van der Waals surface area contributed by atoms with Gasteiger partial charge in [0.25, 0.3) is 0 Å². The van der Waals surface area contributed by atoms with E-state index >= 15 is 0 Å². The molecule has 1 N–H and O–H groups in total. The van der Waals surface area contributed by atoms with Gasteiger partial charge in [-0.25, -0.2) is 0 Å². The summed E-state index contributed by atoms with van der Waals surface area (Å²) in [5.41, 5.74) is -2.78. The van der Waals surface area contributed by atoms with Crippen molar-refractivity contribution in [2.75, 3.05) is 0 Å². The second-order valence-electron chi connectivity index (χ2n) is 20.0. The van der Waals surface area contributed by atoms with Gasteiger partial charge < -0.3 is 24.1 Å². The molecule has 11 aliphatic rings. The molecule has 0 spiro atoms. The van der Waals surface area contributed by atoms with Gasteiger partial charge >= 0.3 is 23.9 Å². The molecule has 11 rings (SSSR count). The van der Waals surface area contributed by atoms with E-state index in [9.17, 15) is 24.3 Å². The van der Waals surface area contributed by atoms with Crippen molar-refractivity contribution >= 4 is 23.9 Å². The molecule has 0 amide bonds. The highest BCUT2D eigenvalue weighted by atomic mass is 16.6. The summed E-state index contributed by atoms with van der Waals surface area (Å²) in [5, 5.41) is 11.3. The normalized spacial score (nSPS) is 48.6. The molecule has 1 saturated heterocycles. The fourth-order valence-electron chi connectivity index (χ4n) is 14.7. The first-order chi connectivity index (χ1) is 24.2. The Morgan fingerprint density at radius 1 is 0.882 bits per heavy atom. The van der Waals surface area contributed by atoms with Crippen molar-refractivity contribution in [1.82, 2.24) is 0 Å². The highest BCUT2D eigenvalue weighted by Gasteiger charge is 2.64. The number of fused-ring (bicyclic) bond motifs is 1. The van der Waals surface area contributed by atoms with E-state index in [2.05, 4.69) is 6.92 Å². The molecule has 51 heavy (non-hydrogen) atoms. The number of ether oxygens (including phenoxy) is 4. The molecule has 9 heteroatoms.